The molecule has 1 unspecified atom stereocenters. The van der Waals surface area contributed by atoms with Gasteiger partial charge in [-0.2, -0.15) is 4.98 Å². The lowest BCUT2D eigenvalue weighted by Crippen LogP contribution is -2.30. The van der Waals surface area contributed by atoms with Crippen LogP contribution in [0.1, 0.15) is 56.6 Å². The van der Waals surface area contributed by atoms with Gasteiger partial charge in [0.1, 0.15) is 23.0 Å². The molecule has 0 saturated carbocycles. The van der Waals surface area contributed by atoms with Gasteiger partial charge < -0.3 is 14.4 Å². The van der Waals surface area contributed by atoms with E-state index in [2.05, 4.69) is 60.2 Å². The largest absolute Gasteiger partial charge is 0.486 e. The van der Waals surface area contributed by atoms with E-state index in [4.69, 9.17) is 9.26 Å². The molecule has 0 fully saturated rings. The normalized spacial score (nSPS) is 13.8. The minimum absolute atomic E-state index is 0.193. The maximum atomic E-state index is 10.1. The summed E-state index contributed by atoms with van der Waals surface area (Å²) in [6.07, 6.45) is 1.79. The number of benzene rings is 2. The van der Waals surface area contributed by atoms with E-state index < -0.39 is 5.60 Å². The maximum Gasteiger partial charge on any atom is 0.258 e. The van der Waals surface area contributed by atoms with Gasteiger partial charge in [0.15, 0.2) is 0 Å². The molecule has 2 aromatic carbocycles. The van der Waals surface area contributed by atoms with Crippen LogP contribution >= 0.6 is 11.3 Å². The van der Waals surface area contributed by atoms with E-state index >= 15 is 0 Å². The van der Waals surface area contributed by atoms with E-state index in [9.17, 15) is 5.11 Å². The molecule has 0 amide bonds. The van der Waals surface area contributed by atoms with Crippen molar-refractivity contribution < 1.29 is 14.4 Å². The van der Waals surface area contributed by atoms with Gasteiger partial charge in [-0.1, -0.05) is 62.3 Å². The Kier molecular flexibility index (Phi) is 6.36. The highest BCUT2D eigenvalue weighted by Gasteiger charge is 2.33. The van der Waals surface area contributed by atoms with Crippen molar-refractivity contribution in [3.63, 3.8) is 0 Å². The predicted octanol–water partition coefficient (Wildman–Crippen LogP) is 5.96. The van der Waals surface area contributed by atoms with Crippen LogP contribution in [0, 0.1) is 5.92 Å². The van der Waals surface area contributed by atoms with Crippen LogP contribution in [0.5, 0.6) is 5.75 Å². The van der Waals surface area contributed by atoms with Gasteiger partial charge in [0, 0.05) is 22.6 Å². The lowest BCUT2D eigenvalue weighted by atomic mass is 9.68. The molecule has 2 aromatic heterocycles. The molecule has 2 heterocycles. The van der Waals surface area contributed by atoms with Gasteiger partial charge in [-0.15, -0.1) is 11.3 Å². The van der Waals surface area contributed by atoms with Crippen LogP contribution in [-0.4, -0.2) is 20.2 Å². The van der Waals surface area contributed by atoms with Crippen molar-refractivity contribution >= 4 is 11.3 Å². The average molecular weight is 464 g/mol. The van der Waals surface area contributed by atoms with Gasteiger partial charge in [0.2, 0.25) is 5.82 Å². The molecule has 4 aromatic rings. The summed E-state index contributed by atoms with van der Waals surface area (Å²) >= 11 is 1.59. The van der Waals surface area contributed by atoms with Gasteiger partial charge in [0.25, 0.3) is 5.89 Å². The molecular formula is C26H29N3O3S. The molecule has 7 heteroatoms. The van der Waals surface area contributed by atoms with Crippen molar-refractivity contribution in [3.8, 4) is 17.1 Å². The number of aromatic nitrogens is 3. The monoisotopic (exact) mass is 463 g/mol. The number of nitrogens with zero attached hydrogens (tertiary/aromatic N) is 3. The topological polar surface area (TPSA) is 81.3 Å². The number of ether oxygens (including phenoxy) is 1. The number of hydrogen-bond donors (Lipinski definition) is 1. The molecule has 1 atom stereocenters. The Morgan fingerprint density at radius 3 is 2.15 bits per heavy atom. The van der Waals surface area contributed by atoms with Crippen molar-refractivity contribution in [3.05, 3.63) is 82.1 Å². The van der Waals surface area contributed by atoms with E-state index in [1.807, 2.05) is 29.6 Å². The number of aliphatic hydroxyl groups is 1. The fourth-order valence-corrected chi connectivity index (χ4v) is 4.28. The number of rotatable bonds is 8. The molecule has 0 saturated heterocycles. The smallest absolute Gasteiger partial charge is 0.258 e. The highest BCUT2D eigenvalue weighted by atomic mass is 32.1. The van der Waals surface area contributed by atoms with Crippen molar-refractivity contribution in [1.82, 2.24) is 15.1 Å². The van der Waals surface area contributed by atoms with Crippen LogP contribution < -0.4 is 4.74 Å². The molecular weight excluding hydrogens is 434 g/mol. The second-order valence-corrected chi connectivity index (χ2v) is 10.1. The molecule has 172 valence electrons. The second kappa shape index (κ2) is 9.08. The minimum Gasteiger partial charge on any atom is -0.486 e. The molecule has 1 N–H and O–H groups in total. The molecule has 4 rings (SSSR count). The van der Waals surface area contributed by atoms with Crippen molar-refractivity contribution in [1.29, 1.82) is 0 Å². The Hall–Kier alpha value is -3.03. The van der Waals surface area contributed by atoms with Gasteiger partial charge in [-0.25, -0.2) is 4.98 Å². The Labute approximate surface area is 198 Å². The molecule has 33 heavy (non-hydrogen) atoms. The van der Waals surface area contributed by atoms with E-state index in [1.165, 1.54) is 11.1 Å². The zero-order chi connectivity index (χ0) is 23.6. The summed E-state index contributed by atoms with van der Waals surface area (Å²) in [7, 11) is 0. The van der Waals surface area contributed by atoms with E-state index in [0.717, 1.165) is 16.3 Å². The SMILES string of the molecule is CC(C)C(C)(c1ccc(OCc2nccs2)cc1)c1ccc(-c2noc(C(C)(C)O)n2)cc1. The Morgan fingerprint density at radius 2 is 1.64 bits per heavy atom. The maximum absolute atomic E-state index is 10.1. The standard InChI is InChI=1S/C26H29N3O3S/c1-17(2)26(5,20-10-12-21(13-11-20)31-16-22-27-14-15-33-22)19-8-6-18(7-9-19)23-28-24(32-29-23)25(3,4)30/h6-15,17,30H,16H2,1-5H3. The Bertz CT molecular complexity index is 1180. The molecule has 0 aliphatic rings. The van der Waals surface area contributed by atoms with E-state index in [0.29, 0.717) is 18.3 Å². The highest BCUT2D eigenvalue weighted by molar-refractivity contribution is 7.09. The molecule has 0 spiro atoms. The first-order valence-corrected chi connectivity index (χ1v) is 11.8. The van der Waals surface area contributed by atoms with Crippen molar-refractivity contribution in [2.24, 2.45) is 5.92 Å². The summed E-state index contributed by atoms with van der Waals surface area (Å²) < 4.78 is 11.1. The second-order valence-electron chi connectivity index (χ2n) is 9.16. The van der Waals surface area contributed by atoms with E-state index in [1.54, 1.807) is 31.4 Å². The van der Waals surface area contributed by atoms with Gasteiger partial charge in [-0.05, 0) is 43.0 Å². The zero-order valence-electron chi connectivity index (χ0n) is 19.6. The Morgan fingerprint density at radius 1 is 1.00 bits per heavy atom. The molecule has 0 aliphatic heterocycles. The fourth-order valence-electron chi connectivity index (χ4n) is 3.75. The third-order valence-corrected chi connectivity index (χ3v) is 6.90. The summed E-state index contributed by atoms with van der Waals surface area (Å²) in [5, 5.41) is 17.0. The molecule has 0 aliphatic carbocycles. The molecule has 0 bridgehead atoms. The quantitative estimate of drug-likeness (QED) is 0.347. The lowest BCUT2D eigenvalue weighted by molar-refractivity contribution is 0.0420. The average Bonchev–Trinajstić information content (AvgIpc) is 3.50. The predicted molar refractivity (Wildman–Crippen MR) is 129 cm³/mol. The zero-order valence-corrected chi connectivity index (χ0v) is 20.4. The summed E-state index contributed by atoms with van der Waals surface area (Å²) in [6.45, 7) is 10.4. The van der Waals surface area contributed by atoms with Gasteiger partial charge in [-0.3, -0.25) is 0 Å². The van der Waals surface area contributed by atoms with Crippen LogP contribution in [0.25, 0.3) is 11.4 Å². The molecule has 6 nitrogen and oxygen atoms in total. The van der Waals surface area contributed by atoms with Crippen LogP contribution in [-0.2, 0) is 17.6 Å². The van der Waals surface area contributed by atoms with E-state index in [-0.39, 0.29) is 11.3 Å². The summed E-state index contributed by atoms with van der Waals surface area (Å²) in [4.78, 5) is 8.60. The fraction of sp³-hybridized carbons (Fsp3) is 0.346. The number of hydrogen-bond acceptors (Lipinski definition) is 7. The van der Waals surface area contributed by atoms with Gasteiger partial charge in [0.05, 0.1) is 0 Å². The van der Waals surface area contributed by atoms with Crippen LogP contribution in [0.3, 0.4) is 0 Å². The van der Waals surface area contributed by atoms with Crippen LogP contribution in [0.2, 0.25) is 0 Å². The first kappa shape index (κ1) is 23.1. The number of thiazole rings is 1. The van der Waals surface area contributed by atoms with Crippen LogP contribution in [0.4, 0.5) is 0 Å². The third-order valence-electron chi connectivity index (χ3n) is 6.15. The summed E-state index contributed by atoms with van der Waals surface area (Å²) in [6, 6.07) is 16.6. The first-order valence-electron chi connectivity index (χ1n) is 11.0. The van der Waals surface area contributed by atoms with Crippen molar-refractivity contribution in [2.75, 3.05) is 0 Å². The highest BCUT2D eigenvalue weighted by Crippen LogP contribution is 2.40. The van der Waals surface area contributed by atoms with Crippen molar-refractivity contribution in [2.45, 2.75) is 52.2 Å². The lowest BCUT2D eigenvalue weighted by Gasteiger charge is -2.35. The molecule has 0 radical (unpaired) electrons. The van der Waals surface area contributed by atoms with Crippen LogP contribution in [0.15, 0.2) is 64.6 Å². The summed E-state index contributed by atoms with van der Waals surface area (Å²) in [5.74, 6) is 1.85. The Balaban J connectivity index is 1.56. The minimum atomic E-state index is -1.17. The van der Waals surface area contributed by atoms with Gasteiger partial charge >= 0.3 is 0 Å². The third kappa shape index (κ3) is 4.84. The first-order chi connectivity index (χ1) is 15.7. The summed E-state index contributed by atoms with van der Waals surface area (Å²) in [5.41, 5.74) is 1.90.